The number of hydrogen-bond acceptors (Lipinski definition) is 5. The van der Waals surface area contributed by atoms with Crippen molar-refractivity contribution in [2.24, 2.45) is 5.73 Å². The fourth-order valence-electron chi connectivity index (χ4n) is 2.61. The lowest BCUT2D eigenvalue weighted by Crippen LogP contribution is -2.45. The Morgan fingerprint density at radius 1 is 1.38 bits per heavy atom. The molecule has 1 aromatic rings. The van der Waals surface area contributed by atoms with Gasteiger partial charge in [-0.2, -0.15) is 0 Å². The Morgan fingerprint density at radius 3 is 2.67 bits per heavy atom. The van der Waals surface area contributed by atoms with Gasteiger partial charge in [0.2, 0.25) is 5.91 Å². The van der Waals surface area contributed by atoms with Gasteiger partial charge in [-0.1, -0.05) is 18.2 Å². The number of para-hydroxylation sites is 1. The summed E-state index contributed by atoms with van der Waals surface area (Å²) in [5.74, 6) is -0.304. The molecule has 1 aromatic carbocycles. The normalized spacial score (nSPS) is 16.8. The zero-order valence-electron chi connectivity index (χ0n) is 11.8. The second-order valence-corrected chi connectivity index (χ2v) is 5.28. The number of nitro benzene ring substituents is 1. The second kappa shape index (κ2) is 7.14. The second-order valence-electron chi connectivity index (χ2n) is 5.28. The van der Waals surface area contributed by atoms with E-state index in [2.05, 4.69) is 5.32 Å². The quantitative estimate of drug-likeness (QED) is 0.591. The van der Waals surface area contributed by atoms with Gasteiger partial charge in [0, 0.05) is 37.3 Å². The smallest absolute Gasteiger partial charge is 0.273 e. The molecule has 0 saturated carbocycles. The van der Waals surface area contributed by atoms with Crippen LogP contribution >= 0.6 is 0 Å². The molecule has 1 amide bonds. The summed E-state index contributed by atoms with van der Waals surface area (Å²) in [7, 11) is 0. The Morgan fingerprint density at radius 2 is 2.05 bits per heavy atom. The molecule has 1 aliphatic rings. The van der Waals surface area contributed by atoms with Crippen molar-refractivity contribution in [3.8, 4) is 0 Å². The topological polar surface area (TPSA) is 102 Å². The minimum atomic E-state index is -0.355. The number of nitrogens with one attached hydrogen (secondary N) is 1. The maximum atomic E-state index is 10.9. The van der Waals surface area contributed by atoms with Crippen molar-refractivity contribution in [3.05, 3.63) is 39.9 Å². The highest BCUT2D eigenvalue weighted by Crippen LogP contribution is 2.18. The van der Waals surface area contributed by atoms with E-state index in [9.17, 15) is 14.9 Å². The molecule has 1 aliphatic heterocycles. The van der Waals surface area contributed by atoms with Gasteiger partial charge in [-0.15, -0.1) is 0 Å². The molecule has 0 unspecified atom stereocenters. The van der Waals surface area contributed by atoms with E-state index in [4.69, 9.17) is 5.73 Å². The zero-order valence-corrected chi connectivity index (χ0v) is 11.8. The van der Waals surface area contributed by atoms with Crippen LogP contribution in [0.2, 0.25) is 0 Å². The standard InChI is InChI=1S/C14H20N4O3/c15-14(19)10-17-7-5-12(6-8-17)16-9-11-3-1-2-4-13(11)18(20)21/h1-4,12,16H,5-10H2,(H2,15,19). The lowest BCUT2D eigenvalue weighted by molar-refractivity contribution is -0.385. The number of amides is 1. The maximum Gasteiger partial charge on any atom is 0.273 e. The summed E-state index contributed by atoms with van der Waals surface area (Å²) in [6, 6.07) is 7.08. The summed E-state index contributed by atoms with van der Waals surface area (Å²) < 4.78 is 0. The summed E-state index contributed by atoms with van der Waals surface area (Å²) in [4.78, 5) is 23.5. The van der Waals surface area contributed by atoms with Gasteiger partial charge in [0.05, 0.1) is 11.5 Å². The van der Waals surface area contributed by atoms with E-state index in [1.807, 2.05) is 4.90 Å². The first-order valence-electron chi connectivity index (χ1n) is 7.02. The number of nitrogens with zero attached hydrogens (tertiary/aromatic N) is 2. The number of likely N-dealkylation sites (tertiary alicyclic amines) is 1. The summed E-state index contributed by atoms with van der Waals surface area (Å²) in [5, 5.41) is 14.3. The maximum absolute atomic E-state index is 10.9. The number of carbonyl (C=O) groups is 1. The molecule has 0 bridgehead atoms. The summed E-state index contributed by atoms with van der Waals surface area (Å²) >= 11 is 0. The fourth-order valence-corrected chi connectivity index (χ4v) is 2.61. The third-order valence-electron chi connectivity index (χ3n) is 3.74. The van der Waals surface area contributed by atoms with Crippen LogP contribution in [0.15, 0.2) is 24.3 Å². The van der Waals surface area contributed by atoms with Crippen LogP contribution in [0, 0.1) is 10.1 Å². The predicted molar refractivity (Wildman–Crippen MR) is 78.6 cm³/mol. The average Bonchev–Trinajstić information content (AvgIpc) is 2.46. The van der Waals surface area contributed by atoms with Crippen LogP contribution in [0.5, 0.6) is 0 Å². The molecule has 0 radical (unpaired) electrons. The molecule has 1 heterocycles. The number of rotatable bonds is 6. The van der Waals surface area contributed by atoms with E-state index in [0.29, 0.717) is 24.7 Å². The van der Waals surface area contributed by atoms with Crippen molar-refractivity contribution in [2.45, 2.75) is 25.4 Å². The molecule has 21 heavy (non-hydrogen) atoms. The van der Waals surface area contributed by atoms with Crippen LogP contribution in [0.25, 0.3) is 0 Å². The van der Waals surface area contributed by atoms with Gasteiger partial charge < -0.3 is 11.1 Å². The van der Waals surface area contributed by atoms with Crippen LogP contribution in [0.4, 0.5) is 5.69 Å². The first-order chi connectivity index (χ1) is 10.1. The minimum absolute atomic E-state index is 0.149. The molecule has 7 nitrogen and oxygen atoms in total. The van der Waals surface area contributed by atoms with Gasteiger partial charge in [0.1, 0.15) is 0 Å². The molecule has 1 saturated heterocycles. The van der Waals surface area contributed by atoms with Gasteiger partial charge in [-0.3, -0.25) is 19.8 Å². The van der Waals surface area contributed by atoms with Crippen LogP contribution in [0.3, 0.4) is 0 Å². The lowest BCUT2D eigenvalue weighted by Gasteiger charge is -2.31. The van der Waals surface area contributed by atoms with Crippen molar-refractivity contribution in [3.63, 3.8) is 0 Å². The molecule has 0 spiro atoms. The van der Waals surface area contributed by atoms with E-state index < -0.39 is 0 Å². The van der Waals surface area contributed by atoms with Gasteiger partial charge in [-0.05, 0) is 12.8 Å². The molecule has 1 fully saturated rings. The highest BCUT2D eigenvalue weighted by molar-refractivity contribution is 5.75. The SMILES string of the molecule is NC(=O)CN1CCC(NCc2ccccc2[N+](=O)[O-])CC1. The number of carbonyl (C=O) groups excluding carboxylic acids is 1. The monoisotopic (exact) mass is 292 g/mol. The third kappa shape index (κ3) is 4.51. The predicted octanol–water partition coefficient (Wildman–Crippen LogP) is 0.634. The molecule has 2 rings (SSSR count). The van der Waals surface area contributed by atoms with E-state index in [1.165, 1.54) is 6.07 Å². The van der Waals surface area contributed by atoms with Gasteiger partial charge in [0.25, 0.3) is 5.69 Å². The Hall–Kier alpha value is -1.99. The Balaban J connectivity index is 1.82. The minimum Gasteiger partial charge on any atom is -0.369 e. The van der Waals surface area contributed by atoms with E-state index in [0.717, 1.165) is 25.9 Å². The van der Waals surface area contributed by atoms with Crippen LogP contribution in [-0.4, -0.2) is 41.4 Å². The van der Waals surface area contributed by atoms with Crippen molar-refractivity contribution in [1.29, 1.82) is 0 Å². The van der Waals surface area contributed by atoms with Crippen molar-refractivity contribution < 1.29 is 9.72 Å². The van der Waals surface area contributed by atoms with Crippen molar-refractivity contribution >= 4 is 11.6 Å². The number of hydrogen-bond donors (Lipinski definition) is 2. The molecular weight excluding hydrogens is 272 g/mol. The fraction of sp³-hybridized carbons (Fsp3) is 0.500. The average molecular weight is 292 g/mol. The molecule has 0 aliphatic carbocycles. The molecule has 7 heteroatoms. The largest absolute Gasteiger partial charge is 0.369 e. The Bertz CT molecular complexity index is 513. The zero-order chi connectivity index (χ0) is 15.2. The summed E-state index contributed by atoms with van der Waals surface area (Å²) in [6.07, 6.45) is 1.82. The molecule has 0 atom stereocenters. The van der Waals surface area contributed by atoms with Crippen LogP contribution in [-0.2, 0) is 11.3 Å². The first-order valence-corrected chi connectivity index (χ1v) is 7.02. The Kier molecular flexibility index (Phi) is 5.24. The molecule has 114 valence electrons. The highest BCUT2D eigenvalue weighted by Gasteiger charge is 2.20. The number of benzene rings is 1. The highest BCUT2D eigenvalue weighted by atomic mass is 16.6. The van der Waals surface area contributed by atoms with E-state index in [-0.39, 0.29) is 16.5 Å². The third-order valence-corrected chi connectivity index (χ3v) is 3.74. The summed E-state index contributed by atoms with van der Waals surface area (Å²) in [6.45, 7) is 2.42. The van der Waals surface area contributed by atoms with Gasteiger partial charge >= 0.3 is 0 Å². The van der Waals surface area contributed by atoms with Crippen LogP contribution < -0.4 is 11.1 Å². The van der Waals surface area contributed by atoms with Crippen molar-refractivity contribution in [2.75, 3.05) is 19.6 Å². The number of piperidine rings is 1. The van der Waals surface area contributed by atoms with E-state index >= 15 is 0 Å². The van der Waals surface area contributed by atoms with Gasteiger partial charge in [-0.25, -0.2) is 0 Å². The molecule has 0 aromatic heterocycles. The Labute approximate surface area is 123 Å². The molecular formula is C14H20N4O3. The number of nitro groups is 1. The summed E-state index contributed by atoms with van der Waals surface area (Å²) in [5.41, 5.74) is 6.02. The first kappa shape index (κ1) is 15.4. The van der Waals surface area contributed by atoms with Gasteiger partial charge in [0.15, 0.2) is 0 Å². The van der Waals surface area contributed by atoms with Crippen molar-refractivity contribution in [1.82, 2.24) is 10.2 Å². The van der Waals surface area contributed by atoms with E-state index in [1.54, 1.807) is 18.2 Å². The number of nitrogens with two attached hydrogens (primary N) is 1. The van der Waals surface area contributed by atoms with Crippen LogP contribution in [0.1, 0.15) is 18.4 Å². The molecule has 3 N–H and O–H groups in total. The lowest BCUT2D eigenvalue weighted by atomic mass is 10.0. The number of primary amides is 1.